The van der Waals surface area contributed by atoms with Crippen molar-refractivity contribution >= 4 is 29.1 Å². The predicted octanol–water partition coefficient (Wildman–Crippen LogP) is 4.66. The first kappa shape index (κ1) is 21.7. The van der Waals surface area contributed by atoms with Gasteiger partial charge in [0.2, 0.25) is 0 Å². The lowest BCUT2D eigenvalue weighted by molar-refractivity contribution is -0.139. The van der Waals surface area contributed by atoms with E-state index in [4.69, 9.17) is 16.3 Å². The Morgan fingerprint density at radius 1 is 1.17 bits per heavy atom. The molecule has 0 aromatic heterocycles. The molecule has 1 unspecified atom stereocenters. The lowest BCUT2D eigenvalue weighted by Crippen LogP contribution is -2.30. The van der Waals surface area contributed by atoms with Crippen LogP contribution >= 0.6 is 11.6 Å². The molecule has 1 amide bonds. The second-order valence-electron chi connectivity index (χ2n) is 7.39. The number of carbonyl (C=O) groups excluding carboxylic acids is 2. The van der Waals surface area contributed by atoms with Crippen LogP contribution in [0.4, 0.5) is 0 Å². The van der Waals surface area contributed by atoms with Crippen molar-refractivity contribution in [3.8, 4) is 11.5 Å². The number of nitrogens with zero attached hydrogens (tertiary/aromatic N) is 1. The van der Waals surface area contributed by atoms with Crippen molar-refractivity contribution in [2.45, 2.75) is 39.3 Å². The van der Waals surface area contributed by atoms with Gasteiger partial charge < -0.3 is 19.8 Å². The number of likely N-dealkylation sites (tertiary alicyclic amines) is 1. The predicted molar refractivity (Wildman–Crippen MR) is 115 cm³/mol. The summed E-state index contributed by atoms with van der Waals surface area (Å²) >= 11 is 6.06. The Kier molecular flexibility index (Phi) is 6.37. The Balaban J connectivity index is 2.11. The zero-order chi connectivity index (χ0) is 22.0. The van der Waals surface area contributed by atoms with Gasteiger partial charge in [0.05, 0.1) is 22.7 Å². The molecule has 1 aliphatic heterocycles. The summed E-state index contributed by atoms with van der Waals surface area (Å²) in [5, 5.41) is 20.8. The molecule has 0 bridgehead atoms. The summed E-state index contributed by atoms with van der Waals surface area (Å²) in [6.07, 6.45) is 0.638. The molecule has 0 saturated carbocycles. The van der Waals surface area contributed by atoms with Gasteiger partial charge in [-0.3, -0.25) is 9.59 Å². The zero-order valence-electron chi connectivity index (χ0n) is 17.1. The maximum atomic E-state index is 12.8. The summed E-state index contributed by atoms with van der Waals surface area (Å²) in [4.78, 5) is 26.9. The Labute approximate surface area is 180 Å². The number of aliphatic hydroxyl groups is 1. The van der Waals surface area contributed by atoms with Crippen LogP contribution in [-0.4, -0.2) is 39.5 Å². The molecule has 7 heteroatoms. The number of halogens is 1. The van der Waals surface area contributed by atoms with Gasteiger partial charge in [-0.25, -0.2) is 0 Å². The second kappa shape index (κ2) is 8.79. The third-order valence-electron chi connectivity index (χ3n) is 4.79. The Morgan fingerprint density at radius 2 is 1.83 bits per heavy atom. The number of aromatic hydroxyl groups is 1. The number of ether oxygens (including phenoxy) is 1. The maximum Gasteiger partial charge on any atom is 0.295 e. The molecule has 158 valence electrons. The van der Waals surface area contributed by atoms with E-state index in [9.17, 15) is 19.8 Å². The van der Waals surface area contributed by atoms with Crippen molar-refractivity contribution in [3.63, 3.8) is 0 Å². The number of rotatable bonds is 6. The van der Waals surface area contributed by atoms with Crippen LogP contribution in [0.25, 0.3) is 5.76 Å². The highest BCUT2D eigenvalue weighted by Crippen LogP contribution is 2.41. The van der Waals surface area contributed by atoms with Crippen molar-refractivity contribution in [2.75, 3.05) is 6.54 Å². The standard InChI is InChI=1S/C23H24ClNO5/c1-4-11-25-20(15-7-10-18(26)17(24)12-15)19(22(28)23(25)29)21(27)14-5-8-16(9-6-14)30-13(2)3/h5-10,12-13,20,26-27H,4,11H2,1-3H3/b21-19-. The van der Waals surface area contributed by atoms with Crippen molar-refractivity contribution in [2.24, 2.45) is 0 Å². The van der Waals surface area contributed by atoms with E-state index in [1.807, 2.05) is 20.8 Å². The lowest BCUT2D eigenvalue weighted by atomic mass is 9.95. The van der Waals surface area contributed by atoms with Gasteiger partial charge in [0, 0.05) is 12.1 Å². The molecule has 1 atom stereocenters. The first-order valence-corrected chi connectivity index (χ1v) is 10.2. The first-order valence-electron chi connectivity index (χ1n) is 9.78. The molecular weight excluding hydrogens is 406 g/mol. The number of hydrogen-bond acceptors (Lipinski definition) is 5. The van der Waals surface area contributed by atoms with Crippen molar-refractivity contribution in [3.05, 3.63) is 64.2 Å². The minimum absolute atomic E-state index is 0.00283. The van der Waals surface area contributed by atoms with Crippen molar-refractivity contribution < 1.29 is 24.5 Å². The highest BCUT2D eigenvalue weighted by Gasteiger charge is 2.45. The van der Waals surface area contributed by atoms with E-state index in [1.54, 1.807) is 30.3 Å². The van der Waals surface area contributed by atoms with Gasteiger partial charge in [-0.2, -0.15) is 0 Å². The van der Waals surface area contributed by atoms with Crippen LogP contribution in [0.5, 0.6) is 11.5 Å². The number of ketones is 1. The zero-order valence-corrected chi connectivity index (χ0v) is 17.8. The van der Waals surface area contributed by atoms with Gasteiger partial charge in [0.25, 0.3) is 11.7 Å². The number of phenolic OH excluding ortho intramolecular Hbond substituents is 1. The minimum Gasteiger partial charge on any atom is -0.507 e. The summed E-state index contributed by atoms with van der Waals surface area (Å²) in [7, 11) is 0. The molecule has 6 nitrogen and oxygen atoms in total. The fourth-order valence-electron chi connectivity index (χ4n) is 3.51. The molecule has 2 N–H and O–H groups in total. The van der Waals surface area contributed by atoms with Crippen LogP contribution < -0.4 is 4.74 Å². The monoisotopic (exact) mass is 429 g/mol. The summed E-state index contributed by atoms with van der Waals surface area (Å²) in [5.41, 5.74) is 0.926. The number of hydrogen-bond donors (Lipinski definition) is 2. The van der Waals surface area contributed by atoms with Gasteiger partial charge in [0.15, 0.2) is 0 Å². The van der Waals surface area contributed by atoms with E-state index >= 15 is 0 Å². The molecule has 1 saturated heterocycles. The number of aliphatic hydroxyl groups excluding tert-OH is 1. The van der Waals surface area contributed by atoms with E-state index in [-0.39, 0.29) is 28.2 Å². The molecule has 3 rings (SSSR count). The number of Topliss-reactive ketones (excluding diaryl/α,β-unsaturated/α-hetero) is 1. The molecule has 1 aliphatic rings. The van der Waals surface area contributed by atoms with Crippen LogP contribution in [-0.2, 0) is 9.59 Å². The summed E-state index contributed by atoms with van der Waals surface area (Å²) in [6.45, 7) is 6.05. The van der Waals surface area contributed by atoms with E-state index in [0.29, 0.717) is 29.8 Å². The number of carbonyl (C=O) groups is 2. The molecular formula is C23H24ClNO5. The Hall–Kier alpha value is -2.99. The quantitative estimate of drug-likeness (QED) is 0.396. The van der Waals surface area contributed by atoms with E-state index in [0.717, 1.165) is 0 Å². The van der Waals surface area contributed by atoms with Gasteiger partial charge in [-0.1, -0.05) is 24.6 Å². The average molecular weight is 430 g/mol. The van der Waals surface area contributed by atoms with Crippen molar-refractivity contribution in [1.82, 2.24) is 4.90 Å². The van der Waals surface area contributed by atoms with Gasteiger partial charge in [0.1, 0.15) is 17.3 Å². The van der Waals surface area contributed by atoms with Crippen LogP contribution in [0, 0.1) is 0 Å². The Bertz CT molecular complexity index is 997. The number of benzene rings is 2. The molecule has 1 heterocycles. The lowest BCUT2D eigenvalue weighted by Gasteiger charge is -2.25. The normalized spacial score (nSPS) is 18.3. The third-order valence-corrected chi connectivity index (χ3v) is 5.09. The number of amides is 1. The van der Waals surface area contributed by atoms with E-state index in [2.05, 4.69) is 0 Å². The van der Waals surface area contributed by atoms with Crippen molar-refractivity contribution in [1.29, 1.82) is 0 Å². The molecule has 2 aromatic carbocycles. The smallest absolute Gasteiger partial charge is 0.295 e. The summed E-state index contributed by atoms with van der Waals surface area (Å²) < 4.78 is 5.61. The summed E-state index contributed by atoms with van der Waals surface area (Å²) in [6, 6.07) is 10.4. The topological polar surface area (TPSA) is 87.1 Å². The Morgan fingerprint density at radius 3 is 2.40 bits per heavy atom. The molecule has 0 aliphatic carbocycles. The largest absolute Gasteiger partial charge is 0.507 e. The molecule has 0 spiro atoms. The fourth-order valence-corrected chi connectivity index (χ4v) is 3.70. The summed E-state index contributed by atoms with van der Waals surface area (Å²) in [5.74, 6) is -1.16. The van der Waals surface area contributed by atoms with Gasteiger partial charge >= 0.3 is 0 Å². The maximum absolute atomic E-state index is 12.8. The third kappa shape index (κ3) is 4.14. The van der Waals surface area contributed by atoms with Crippen LogP contribution in [0.2, 0.25) is 5.02 Å². The highest BCUT2D eigenvalue weighted by atomic mass is 35.5. The van der Waals surface area contributed by atoms with Gasteiger partial charge in [-0.15, -0.1) is 0 Å². The second-order valence-corrected chi connectivity index (χ2v) is 7.80. The molecule has 1 fully saturated rings. The highest BCUT2D eigenvalue weighted by molar-refractivity contribution is 6.46. The van der Waals surface area contributed by atoms with E-state index in [1.165, 1.54) is 17.0 Å². The SMILES string of the molecule is CCCN1C(=O)C(=O)/C(=C(\O)c2ccc(OC(C)C)cc2)C1c1ccc(O)c(Cl)c1. The molecule has 0 radical (unpaired) electrons. The van der Waals surface area contributed by atoms with Crippen LogP contribution in [0.3, 0.4) is 0 Å². The van der Waals surface area contributed by atoms with Crippen LogP contribution in [0.1, 0.15) is 44.4 Å². The van der Waals surface area contributed by atoms with Crippen LogP contribution in [0.15, 0.2) is 48.0 Å². The molecule has 2 aromatic rings. The number of phenols is 1. The van der Waals surface area contributed by atoms with E-state index < -0.39 is 17.7 Å². The fraction of sp³-hybridized carbons (Fsp3) is 0.304. The average Bonchev–Trinajstić information content (AvgIpc) is 2.95. The molecule has 30 heavy (non-hydrogen) atoms. The minimum atomic E-state index is -0.797. The van der Waals surface area contributed by atoms with Gasteiger partial charge in [-0.05, 0) is 62.2 Å². The first-order chi connectivity index (χ1) is 14.2.